The van der Waals surface area contributed by atoms with Crippen LogP contribution in [-0.2, 0) is 6.61 Å². The van der Waals surface area contributed by atoms with E-state index in [1.165, 1.54) is 0 Å². The van der Waals surface area contributed by atoms with Crippen LogP contribution in [0.15, 0.2) is 42.6 Å². The first-order valence-electron chi connectivity index (χ1n) is 6.75. The summed E-state index contributed by atoms with van der Waals surface area (Å²) >= 11 is 5.93. The van der Waals surface area contributed by atoms with Crippen LogP contribution >= 0.6 is 11.6 Å². The number of pyridine rings is 1. The van der Waals surface area contributed by atoms with Crippen molar-refractivity contribution < 1.29 is 4.74 Å². The molecule has 3 nitrogen and oxygen atoms in total. The normalized spacial score (nSPS) is 12.2. The Morgan fingerprint density at radius 3 is 2.80 bits per heavy atom. The SMILES string of the molecule is CCNC(C)c1ccc(OCc2cccc(Cl)c2)nc1. The predicted molar refractivity (Wildman–Crippen MR) is 82.1 cm³/mol. The smallest absolute Gasteiger partial charge is 0.213 e. The third kappa shape index (κ3) is 4.22. The molecule has 0 bridgehead atoms. The van der Waals surface area contributed by atoms with Crippen molar-refractivity contribution in [3.8, 4) is 5.88 Å². The van der Waals surface area contributed by atoms with Crippen molar-refractivity contribution in [1.82, 2.24) is 10.3 Å². The number of nitrogens with one attached hydrogen (secondary N) is 1. The highest BCUT2D eigenvalue weighted by Gasteiger charge is 2.04. The molecular weight excluding hydrogens is 272 g/mol. The molecule has 0 aliphatic carbocycles. The lowest BCUT2D eigenvalue weighted by atomic mass is 10.1. The Kier molecular flexibility index (Phi) is 5.39. The minimum atomic E-state index is 0.300. The van der Waals surface area contributed by atoms with E-state index in [4.69, 9.17) is 16.3 Å². The van der Waals surface area contributed by atoms with Crippen LogP contribution < -0.4 is 10.1 Å². The summed E-state index contributed by atoms with van der Waals surface area (Å²) in [4.78, 5) is 4.32. The van der Waals surface area contributed by atoms with E-state index in [0.717, 1.165) is 17.7 Å². The van der Waals surface area contributed by atoms with Gasteiger partial charge in [-0.1, -0.05) is 36.7 Å². The lowest BCUT2D eigenvalue weighted by molar-refractivity contribution is 0.293. The Balaban J connectivity index is 1.94. The molecule has 106 valence electrons. The molecule has 2 rings (SSSR count). The van der Waals surface area contributed by atoms with Crippen LogP contribution in [0.25, 0.3) is 0 Å². The van der Waals surface area contributed by atoms with Gasteiger partial charge in [0.05, 0.1) is 0 Å². The first kappa shape index (κ1) is 14.8. The third-order valence-electron chi connectivity index (χ3n) is 3.05. The summed E-state index contributed by atoms with van der Waals surface area (Å²) in [6.45, 7) is 5.61. The third-order valence-corrected chi connectivity index (χ3v) is 3.28. The van der Waals surface area contributed by atoms with Crippen LogP contribution in [0.3, 0.4) is 0 Å². The van der Waals surface area contributed by atoms with Crippen molar-refractivity contribution in [2.75, 3.05) is 6.54 Å². The molecule has 1 aromatic carbocycles. The molecule has 0 amide bonds. The molecule has 1 atom stereocenters. The van der Waals surface area contributed by atoms with Crippen LogP contribution in [0.4, 0.5) is 0 Å². The van der Waals surface area contributed by atoms with Gasteiger partial charge >= 0.3 is 0 Å². The number of aromatic nitrogens is 1. The fourth-order valence-electron chi connectivity index (χ4n) is 1.94. The number of ether oxygens (including phenoxy) is 1. The van der Waals surface area contributed by atoms with Crippen LogP contribution in [0.1, 0.15) is 31.0 Å². The molecule has 1 aromatic heterocycles. The molecular formula is C16H19ClN2O. The van der Waals surface area contributed by atoms with Gasteiger partial charge in [0.1, 0.15) is 6.61 Å². The average molecular weight is 291 g/mol. The van der Waals surface area contributed by atoms with E-state index < -0.39 is 0 Å². The fraction of sp³-hybridized carbons (Fsp3) is 0.312. The average Bonchev–Trinajstić information content (AvgIpc) is 2.46. The summed E-state index contributed by atoms with van der Waals surface area (Å²) in [6, 6.07) is 11.9. The van der Waals surface area contributed by atoms with Gasteiger partial charge in [-0.2, -0.15) is 0 Å². The lowest BCUT2D eigenvalue weighted by Crippen LogP contribution is -2.17. The summed E-state index contributed by atoms with van der Waals surface area (Å²) < 4.78 is 5.65. The lowest BCUT2D eigenvalue weighted by Gasteiger charge is -2.12. The van der Waals surface area contributed by atoms with Crippen molar-refractivity contribution >= 4 is 11.6 Å². The molecule has 0 aliphatic heterocycles. The van der Waals surface area contributed by atoms with Gasteiger partial charge in [-0.05, 0) is 36.7 Å². The van der Waals surface area contributed by atoms with Crippen LogP contribution in [0.5, 0.6) is 5.88 Å². The second-order valence-electron chi connectivity index (χ2n) is 4.63. The van der Waals surface area contributed by atoms with Gasteiger partial charge in [-0.25, -0.2) is 4.98 Å². The predicted octanol–water partition coefficient (Wildman–Crippen LogP) is 3.98. The van der Waals surface area contributed by atoms with Gasteiger partial charge in [-0.15, -0.1) is 0 Å². The van der Waals surface area contributed by atoms with E-state index in [1.54, 1.807) is 0 Å². The van der Waals surface area contributed by atoms with Crippen LogP contribution in [0.2, 0.25) is 5.02 Å². The minimum Gasteiger partial charge on any atom is -0.473 e. The number of rotatable bonds is 6. The molecule has 0 spiro atoms. The molecule has 0 saturated carbocycles. The Bertz CT molecular complexity index is 542. The zero-order valence-corrected chi connectivity index (χ0v) is 12.5. The second-order valence-corrected chi connectivity index (χ2v) is 5.06. The minimum absolute atomic E-state index is 0.300. The maximum absolute atomic E-state index is 5.93. The standard InChI is InChI=1S/C16H19ClN2O/c1-3-18-12(2)14-7-8-16(19-10-14)20-11-13-5-4-6-15(17)9-13/h4-10,12,18H,3,11H2,1-2H3. The largest absolute Gasteiger partial charge is 0.473 e. The van der Waals surface area contributed by atoms with Crippen molar-refractivity contribution in [2.24, 2.45) is 0 Å². The highest BCUT2D eigenvalue weighted by atomic mass is 35.5. The topological polar surface area (TPSA) is 34.1 Å². The molecule has 0 saturated heterocycles. The van der Waals surface area contributed by atoms with Crippen molar-refractivity contribution in [1.29, 1.82) is 0 Å². The van der Waals surface area contributed by atoms with Crippen LogP contribution in [0, 0.1) is 0 Å². The van der Waals surface area contributed by atoms with E-state index in [-0.39, 0.29) is 0 Å². The maximum atomic E-state index is 5.93. The van der Waals surface area contributed by atoms with E-state index in [0.29, 0.717) is 23.6 Å². The zero-order valence-electron chi connectivity index (χ0n) is 11.8. The fourth-order valence-corrected chi connectivity index (χ4v) is 2.15. The number of benzene rings is 1. The second kappa shape index (κ2) is 7.27. The van der Waals surface area contributed by atoms with Gasteiger partial charge in [-0.3, -0.25) is 0 Å². The Labute approximate surface area is 124 Å². The van der Waals surface area contributed by atoms with Crippen LogP contribution in [-0.4, -0.2) is 11.5 Å². The summed E-state index contributed by atoms with van der Waals surface area (Å²) in [5.41, 5.74) is 2.19. The molecule has 0 radical (unpaired) electrons. The van der Waals surface area contributed by atoms with Crippen molar-refractivity contribution in [3.05, 3.63) is 58.7 Å². The number of halogens is 1. The van der Waals surface area contributed by atoms with Gasteiger partial charge in [0, 0.05) is 23.3 Å². The Morgan fingerprint density at radius 2 is 2.15 bits per heavy atom. The van der Waals surface area contributed by atoms with E-state index in [1.807, 2.05) is 42.6 Å². The van der Waals surface area contributed by atoms with Gasteiger partial charge in [0.15, 0.2) is 0 Å². The van der Waals surface area contributed by atoms with Gasteiger partial charge in [0.2, 0.25) is 5.88 Å². The molecule has 2 aromatic rings. The highest BCUT2D eigenvalue weighted by Crippen LogP contribution is 2.16. The molecule has 0 aliphatic rings. The molecule has 0 fully saturated rings. The Hall–Kier alpha value is -1.58. The van der Waals surface area contributed by atoms with E-state index in [2.05, 4.69) is 24.1 Å². The number of nitrogens with zero attached hydrogens (tertiary/aromatic N) is 1. The zero-order chi connectivity index (χ0) is 14.4. The van der Waals surface area contributed by atoms with Gasteiger partial charge < -0.3 is 10.1 Å². The number of hydrogen-bond acceptors (Lipinski definition) is 3. The molecule has 4 heteroatoms. The molecule has 1 unspecified atom stereocenters. The number of hydrogen-bond donors (Lipinski definition) is 1. The van der Waals surface area contributed by atoms with Crippen molar-refractivity contribution in [3.63, 3.8) is 0 Å². The Morgan fingerprint density at radius 1 is 1.30 bits per heavy atom. The summed E-state index contributed by atoms with van der Waals surface area (Å²) in [7, 11) is 0. The van der Waals surface area contributed by atoms with Gasteiger partial charge in [0.25, 0.3) is 0 Å². The quantitative estimate of drug-likeness (QED) is 0.873. The first-order chi connectivity index (χ1) is 9.69. The molecule has 1 heterocycles. The van der Waals surface area contributed by atoms with E-state index >= 15 is 0 Å². The summed E-state index contributed by atoms with van der Waals surface area (Å²) in [5.74, 6) is 0.623. The highest BCUT2D eigenvalue weighted by molar-refractivity contribution is 6.30. The first-order valence-corrected chi connectivity index (χ1v) is 7.13. The summed E-state index contributed by atoms with van der Waals surface area (Å²) in [6.07, 6.45) is 1.85. The summed E-state index contributed by atoms with van der Waals surface area (Å²) in [5, 5.41) is 4.07. The molecule has 20 heavy (non-hydrogen) atoms. The molecule has 1 N–H and O–H groups in total. The van der Waals surface area contributed by atoms with Crippen molar-refractivity contribution in [2.45, 2.75) is 26.5 Å². The van der Waals surface area contributed by atoms with E-state index in [9.17, 15) is 0 Å². The monoisotopic (exact) mass is 290 g/mol. The maximum Gasteiger partial charge on any atom is 0.213 e.